The molecule has 0 bridgehead atoms. The Balaban J connectivity index is 1.64. The van der Waals surface area contributed by atoms with Gasteiger partial charge in [0.1, 0.15) is 0 Å². The zero-order valence-electron chi connectivity index (χ0n) is 12.9. The number of anilines is 3. The normalized spacial score (nSPS) is 10.3. The molecule has 2 N–H and O–H groups in total. The van der Waals surface area contributed by atoms with E-state index in [9.17, 15) is 0 Å². The van der Waals surface area contributed by atoms with Gasteiger partial charge in [-0.2, -0.15) is 10.1 Å². The minimum absolute atomic E-state index is 0.459. The predicted octanol–water partition coefficient (Wildman–Crippen LogP) is 3.18. The molecule has 0 unspecified atom stereocenters. The van der Waals surface area contributed by atoms with Gasteiger partial charge >= 0.3 is 0 Å². The molecule has 0 aliphatic rings. The maximum Gasteiger partial charge on any atom is 0.249 e. The molecule has 2 heterocycles. The number of pyridine rings is 1. The van der Waals surface area contributed by atoms with Crippen LogP contribution in [-0.2, 0) is 13.0 Å². The van der Waals surface area contributed by atoms with Crippen LogP contribution in [0.5, 0.6) is 0 Å². The van der Waals surface area contributed by atoms with Crippen LogP contribution in [0.25, 0.3) is 0 Å². The molecule has 3 aromatic rings. The zero-order valence-corrected chi connectivity index (χ0v) is 12.9. The highest BCUT2D eigenvalue weighted by Gasteiger charge is 2.02. The number of hydrogen-bond donors (Lipinski definition) is 2. The lowest BCUT2D eigenvalue weighted by Gasteiger charge is -2.08. The largest absolute Gasteiger partial charge is 0.363 e. The summed E-state index contributed by atoms with van der Waals surface area (Å²) in [7, 11) is 0. The minimum Gasteiger partial charge on any atom is -0.363 e. The Kier molecular flexibility index (Phi) is 4.73. The average molecular weight is 306 g/mol. The van der Waals surface area contributed by atoms with Crippen LogP contribution in [0.2, 0.25) is 0 Å². The first-order chi connectivity index (χ1) is 11.3. The van der Waals surface area contributed by atoms with Crippen molar-refractivity contribution in [3.63, 3.8) is 0 Å². The molecule has 0 amide bonds. The van der Waals surface area contributed by atoms with E-state index in [1.54, 1.807) is 12.4 Å². The number of hydrogen-bond acceptors (Lipinski definition) is 6. The Morgan fingerprint density at radius 3 is 2.65 bits per heavy atom. The van der Waals surface area contributed by atoms with Crippen LogP contribution in [0.3, 0.4) is 0 Å². The number of aryl methyl sites for hydroxylation is 1. The highest BCUT2D eigenvalue weighted by molar-refractivity contribution is 5.54. The van der Waals surface area contributed by atoms with Crippen molar-refractivity contribution in [2.45, 2.75) is 19.9 Å². The average Bonchev–Trinajstić information content (AvgIpc) is 2.62. The van der Waals surface area contributed by atoms with Gasteiger partial charge in [0.05, 0.1) is 18.4 Å². The zero-order chi connectivity index (χ0) is 15.9. The maximum atomic E-state index is 4.40. The summed E-state index contributed by atoms with van der Waals surface area (Å²) in [4.78, 5) is 8.66. The molecule has 0 radical (unpaired) electrons. The first-order valence-corrected chi connectivity index (χ1v) is 7.53. The molecule has 3 rings (SSSR count). The lowest BCUT2D eigenvalue weighted by molar-refractivity contribution is 0.955. The van der Waals surface area contributed by atoms with E-state index in [1.165, 1.54) is 5.56 Å². The van der Waals surface area contributed by atoms with Crippen molar-refractivity contribution in [3.8, 4) is 0 Å². The van der Waals surface area contributed by atoms with Crippen LogP contribution < -0.4 is 10.6 Å². The number of aromatic nitrogens is 4. The molecule has 116 valence electrons. The Labute approximate surface area is 135 Å². The van der Waals surface area contributed by atoms with Gasteiger partial charge in [0.2, 0.25) is 5.95 Å². The molecular formula is C17H18N6. The third-order valence-corrected chi connectivity index (χ3v) is 3.35. The molecule has 0 fully saturated rings. The van der Waals surface area contributed by atoms with E-state index in [-0.39, 0.29) is 0 Å². The van der Waals surface area contributed by atoms with Crippen molar-refractivity contribution in [2.75, 3.05) is 10.6 Å². The van der Waals surface area contributed by atoms with Crippen LogP contribution in [0.4, 0.5) is 17.5 Å². The molecular weight excluding hydrogens is 288 g/mol. The summed E-state index contributed by atoms with van der Waals surface area (Å²) >= 11 is 0. The van der Waals surface area contributed by atoms with Crippen molar-refractivity contribution >= 4 is 17.5 Å². The van der Waals surface area contributed by atoms with E-state index in [4.69, 9.17) is 0 Å². The lowest BCUT2D eigenvalue weighted by Crippen LogP contribution is -2.06. The molecule has 0 saturated carbocycles. The summed E-state index contributed by atoms with van der Waals surface area (Å²) in [5.41, 5.74) is 3.17. The summed E-state index contributed by atoms with van der Waals surface area (Å²) < 4.78 is 0. The quantitative estimate of drug-likeness (QED) is 0.728. The highest BCUT2D eigenvalue weighted by atomic mass is 15.3. The number of nitrogens with one attached hydrogen (secondary N) is 2. The van der Waals surface area contributed by atoms with Gasteiger partial charge < -0.3 is 10.6 Å². The molecule has 0 aliphatic heterocycles. The molecule has 0 saturated heterocycles. The van der Waals surface area contributed by atoms with Gasteiger partial charge in [0, 0.05) is 11.9 Å². The Morgan fingerprint density at radius 2 is 1.91 bits per heavy atom. The van der Waals surface area contributed by atoms with Gasteiger partial charge in [-0.05, 0) is 36.2 Å². The predicted molar refractivity (Wildman–Crippen MR) is 90.5 cm³/mol. The van der Waals surface area contributed by atoms with Crippen LogP contribution >= 0.6 is 0 Å². The fraction of sp³-hybridized carbons (Fsp3) is 0.176. The van der Waals surface area contributed by atoms with Crippen molar-refractivity contribution < 1.29 is 0 Å². The SMILES string of the molecule is CCc1ccc(Nc2nncc(NCc3ccccn3)n2)cc1. The fourth-order valence-corrected chi connectivity index (χ4v) is 2.08. The van der Waals surface area contributed by atoms with Gasteiger partial charge in [0.15, 0.2) is 5.82 Å². The topological polar surface area (TPSA) is 75.6 Å². The van der Waals surface area contributed by atoms with Crippen LogP contribution in [0.1, 0.15) is 18.2 Å². The Hall–Kier alpha value is -3.02. The van der Waals surface area contributed by atoms with Crippen molar-refractivity contribution in [1.29, 1.82) is 0 Å². The monoisotopic (exact) mass is 306 g/mol. The van der Waals surface area contributed by atoms with Gasteiger partial charge in [-0.3, -0.25) is 4.98 Å². The number of nitrogens with zero attached hydrogens (tertiary/aromatic N) is 4. The maximum absolute atomic E-state index is 4.40. The van der Waals surface area contributed by atoms with Crippen LogP contribution in [-0.4, -0.2) is 20.2 Å². The van der Waals surface area contributed by atoms with E-state index < -0.39 is 0 Å². The Bertz CT molecular complexity index is 743. The number of benzene rings is 1. The van der Waals surface area contributed by atoms with E-state index in [1.807, 2.05) is 30.3 Å². The lowest BCUT2D eigenvalue weighted by atomic mass is 10.1. The van der Waals surface area contributed by atoms with Gasteiger partial charge in [-0.25, -0.2) is 0 Å². The highest BCUT2D eigenvalue weighted by Crippen LogP contribution is 2.15. The Morgan fingerprint density at radius 1 is 1.04 bits per heavy atom. The summed E-state index contributed by atoms with van der Waals surface area (Å²) in [6.45, 7) is 2.72. The summed E-state index contributed by atoms with van der Waals surface area (Å²) in [6, 6.07) is 14.0. The second kappa shape index (κ2) is 7.31. The molecule has 23 heavy (non-hydrogen) atoms. The summed E-state index contributed by atoms with van der Waals surface area (Å²) in [5.74, 6) is 1.11. The molecule has 1 aromatic carbocycles. The second-order valence-electron chi connectivity index (χ2n) is 5.02. The fourth-order valence-electron chi connectivity index (χ4n) is 2.08. The van der Waals surface area contributed by atoms with Crippen LogP contribution in [0, 0.1) is 0 Å². The molecule has 6 nitrogen and oxygen atoms in total. The van der Waals surface area contributed by atoms with Crippen molar-refractivity contribution in [2.24, 2.45) is 0 Å². The van der Waals surface area contributed by atoms with Crippen LogP contribution in [0.15, 0.2) is 54.9 Å². The van der Waals surface area contributed by atoms with Gasteiger partial charge in [-0.1, -0.05) is 25.1 Å². The van der Waals surface area contributed by atoms with Gasteiger partial charge in [-0.15, -0.1) is 5.10 Å². The van der Waals surface area contributed by atoms with E-state index >= 15 is 0 Å². The van der Waals surface area contributed by atoms with E-state index in [0.29, 0.717) is 18.3 Å². The summed E-state index contributed by atoms with van der Waals surface area (Å²) in [5, 5.41) is 14.3. The molecule has 2 aromatic heterocycles. The standard InChI is InChI=1S/C17H18N6/c1-2-13-6-8-14(9-7-13)21-17-22-16(12-20-23-17)19-11-15-5-3-4-10-18-15/h3-10,12H,2,11H2,1H3,(H2,19,21,22,23). The van der Waals surface area contributed by atoms with E-state index in [2.05, 4.69) is 49.9 Å². The smallest absolute Gasteiger partial charge is 0.249 e. The van der Waals surface area contributed by atoms with E-state index in [0.717, 1.165) is 17.8 Å². The third kappa shape index (κ3) is 4.23. The molecule has 0 spiro atoms. The third-order valence-electron chi connectivity index (χ3n) is 3.35. The first kappa shape index (κ1) is 14.9. The second-order valence-corrected chi connectivity index (χ2v) is 5.02. The molecule has 0 aliphatic carbocycles. The van der Waals surface area contributed by atoms with Gasteiger partial charge in [0.25, 0.3) is 0 Å². The molecule has 0 atom stereocenters. The van der Waals surface area contributed by atoms with Crippen molar-refractivity contribution in [1.82, 2.24) is 20.2 Å². The minimum atomic E-state index is 0.459. The van der Waals surface area contributed by atoms with Crippen molar-refractivity contribution in [3.05, 3.63) is 66.1 Å². The summed E-state index contributed by atoms with van der Waals surface area (Å²) in [6.07, 6.45) is 4.38. The molecule has 6 heteroatoms. The first-order valence-electron chi connectivity index (χ1n) is 7.53. The number of rotatable bonds is 6.